The summed E-state index contributed by atoms with van der Waals surface area (Å²) in [5, 5.41) is 13.2. The maximum atomic E-state index is 4.93. The molecule has 0 aliphatic heterocycles. The van der Waals surface area contributed by atoms with Crippen molar-refractivity contribution in [2.75, 3.05) is 0 Å². The van der Waals surface area contributed by atoms with Crippen molar-refractivity contribution >= 4 is 32.8 Å². The van der Waals surface area contributed by atoms with Crippen LogP contribution in [0, 0.1) is 0 Å². The average Bonchev–Trinajstić information content (AvgIpc) is 3.07. The van der Waals surface area contributed by atoms with E-state index in [1.54, 1.807) is 12.4 Å². The van der Waals surface area contributed by atoms with Crippen molar-refractivity contribution in [3.63, 3.8) is 0 Å². The fraction of sp³-hybridized carbons (Fsp3) is 0. The van der Waals surface area contributed by atoms with Crippen LogP contribution in [0.3, 0.4) is 0 Å². The molecule has 8 rings (SSSR count). The van der Waals surface area contributed by atoms with Gasteiger partial charge in [-0.15, -0.1) is 10.2 Å². The molecule has 0 spiro atoms. The van der Waals surface area contributed by atoms with Gasteiger partial charge in [0, 0.05) is 33.9 Å². The van der Waals surface area contributed by atoms with Crippen molar-refractivity contribution in [1.82, 2.24) is 40.1 Å². The lowest BCUT2D eigenvalue weighted by Gasteiger charge is -2.11. The molecule has 0 aliphatic carbocycles. The summed E-state index contributed by atoms with van der Waals surface area (Å²) in [6, 6.07) is 35.5. The normalized spacial score (nSPS) is 11.3. The number of benzene rings is 1. The summed E-state index contributed by atoms with van der Waals surface area (Å²) in [7, 11) is 0. The Morgan fingerprint density at radius 1 is 0.333 bits per heavy atom. The molecule has 0 fully saturated rings. The molecule has 1 aromatic carbocycles. The molecule has 0 saturated heterocycles. The van der Waals surface area contributed by atoms with Gasteiger partial charge in [-0.2, -0.15) is 0 Å². The Morgan fingerprint density at radius 3 is 1.29 bits per heavy atom. The minimum Gasteiger partial charge on any atom is -0.244 e. The SMILES string of the molecule is c1cc(-c2ccc3cccnc3n2)nc(-c2nnc(-c3cccc(-c4ccc5cccnc5n4)n3)c3ccccc23)c1. The number of rotatable bonds is 4. The second kappa shape index (κ2) is 9.87. The van der Waals surface area contributed by atoms with Crippen LogP contribution in [0.4, 0.5) is 0 Å². The van der Waals surface area contributed by atoms with Crippen molar-refractivity contribution in [2.24, 2.45) is 0 Å². The lowest BCUT2D eigenvalue weighted by molar-refractivity contribution is 1.04. The molecule has 8 aromatic rings. The summed E-state index contributed by atoms with van der Waals surface area (Å²) in [6.07, 6.45) is 3.48. The van der Waals surface area contributed by atoms with Gasteiger partial charge in [0.15, 0.2) is 11.3 Å². The molecule has 8 nitrogen and oxygen atoms in total. The van der Waals surface area contributed by atoms with Crippen LogP contribution in [-0.2, 0) is 0 Å². The van der Waals surface area contributed by atoms with Crippen molar-refractivity contribution < 1.29 is 0 Å². The third-order valence-corrected chi connectivity index (χ3v) is 7.12. The Kier molecular flexibility index (Phi) is 5.60. The lowest BCUT2D eigenvalue weighted by atomic mass is 10.0. The zero-order valence-electron chi connectivity index (χ0n) is 22.1. The topological polar surface area (TPSA) is 103 Å². The van der Waals surface area contributed by atoms with Crippen molar-refractivity contribution in [3.8, 4) is 45.6 Å². The highest BCUT2D eigenvalue weighted by Gasteiger charge is 2.16. The first-order valence-corrected chi connectivity index (χ1v) is 13.4. The van der Waals surface area contributed by atoms with Gasteiger partial charge >= 0.3 is 0 Å². The first-order valence-electron chi connectivity index (χ1n) is 13.4. The Morgan fingerprint density at radius 2 is 0.786 bits per heavy atom. The molecule has 8 heteroatoms. The molecule has 7 heterocycles. The van der Waals surface area contributed by atoms with Crippen LogP contribution in [0.15, 0.2) is 122 Å². The van der Waals surface area contributed by atoms with Crippen molar-refractivity contribution in [1.29, 1.82) is 0 Å². The highest BCUT2D eigenvalue weighted by Crippen LogP contribution is 2.32. The molecule has 7 aromatic heterocycles. The molecule has 42 heavy (non-hydrogen) atoms. The van der Waals surface area contributed by atoms with E-state index in [9.17, 15) is 0 Å². The molecule has 196 valence electrons. The van der Waals surface area contributed by atoms with Gasteiger partial charge in [-0.1, -0.05) is 36.4 Å². The van der Waals surface area contributed by atoms with Crippen LogP contribution < -0.4 is 0 Å². The third kappa shape index (κ3) is 4.18. The molecule has 0 atom stereocenters. The molecule has 0 bridgehead atoms. The zero-order chi connectivity index (χ0) is 27.9. The fourth-order valence-corrected chi connectivity index (χ4v) is 5.09. The van der Waals surface area contributed by atoms with E-state index in [1.165, 1.54) is 0 Å². The van der Waals surface area contributed by atoms with Gasteiger partial charge < -0.3 is 0 Å². The largest absolute Gasteiger partial charge is 0.244 e. The second-order valence-corrected chi connectivity index (χ2v) is 9.75. The number of hydrogen-bond donors (Lipinski definition) is 0. The van der Waals surface area contributed by atoms with Gasteiger partial charge in [-0.3, -0.25) is 0 Å². The number of aromatic nitrogens is 8. The van der Waals surface area contributed by atoms with Crippen LogP contribution in [0.1, 0.15) is 0 Å². The van der Waals surface area contributed by atoms with Gasteiger partial charge in [-0.05, 0) is 72.8 Å². The summed E-state index contributed by atoms with van der Waals surface area (Å²) < 4.78 is 0. The summed E-state index contributed by atoms with van der Waals surface area (Å²) >= 11 is 0. The molecule has 0 saturated carbocycles. The molecular formula is C34H20N8. The minimum atomic E-state index is 0.682. The second-order valence-electron chi connectivity index (χ2n) is 9.75. The average molecular weight is 541 g/mol. The van der Waals surface area contributed by atoms with Crippen molar-refractivity contribution in [2.45, 2.75) is 0 Å². The summed E-state index contributed by atoms with van der Waals surface area (Å²) in [5.41, 5.74) is 7.13. The summed E-state index contributed by atoms with van der Waals surface area (Å²) in [6.45, 7) is 0. The number of pyridine rings is 6. The number of nitrogens with zero attached hydrogens (tertiary/aromatic N) is 8. The molecule has 0 radical (unpaired) electrons. The number of hydrogen-bond acceptors (Lipinski definition) is 8. The highest BCUT2D eigenvalue weighted by molar-refractivity contribution is 6.00. The van der Waals surface area contributed by atoms with Crippen molar-refractivity contribution in [3.05, 3.63) is 122 Å². The van der Waals surface area contributed by atoms with Crippen LogP contribution >= 0.6 is 0 Å². The van der Waals surface area contributed by atoms with E-state index in [2.05, 4.69) is 20.2 Å². The Balaban J connectivity index is 1.21. The van der Waals surface area contributed by atoms with Crippen LogP contribution in [0.25, 0.3) is 78.4 Å². The molecule has 0 amide bonds. The van der Waals surface area contributed by atoms with E-state index in [4.69, 9.17) is 19.9 Å². The van der Waals surface area contributed by atoms with Gasteiger partial charge in [-0.25, -0.2) is 29.9 Å². The Hall–Kier alpha value is -6.02. The highest BCUT2D eigenvalue weighted by atomic mass is 15.1. The Bertz CT molecular complexity index is 2120. The molecule has 0 N–H and O–H groups in total. The van der Waals surface area contributed by atoms with E-state index in [1.807, 2.05) is 109 Å². The van der Waals surface area contributed by atoms with E-state index < -0.39 is 0 Å². The van der Waals surface area contributed by atoms with E-state index in [0.717, 1.165) is 44.3 Å². The van der Waals surface area contributed by atoms with E-state index in [0.29, 0.717) is 34.1 Å². The van der Waals surface area contributed by atoms with Gasteiger partial charge in [0.25, 0.3) is 0 Å². The fourth-order valence-electron chi connectivity index (χ4n) is 5.09. The number of fused-ring (bicyclic) bond motifs is 3. The van der Waals surface area contributed by atoms with Gasteiger partial charge in [0.1, 0.15) is 11.4 Å². The first kappa shape index (κ1) is 23.8. The molecule has 0 aliphatic rings. The minimum absolute atomic E-state index is 0.682. The van der Waals surface area contributed by atoms with E-state index in [-0.39, 0.29) is 0 Å². The summed E-state index contributed by atoms with van der Waals surface area (Å²) in [5.74, 6) is 0. The van der Waals surface area contributed by atoms with Crippen LogP contribution in [-0.4, -0.2) is 40.1 Å². The predicted molar refractivity (Wildman–Crippen MR) is 163 cm³/mol. The maximum Gasteiger partial charge on any atom is 0.159 e. The zero-order valence-corrected chi connectivity index (χ0v) is 22.1. The maximum absolute atomic E-state index is 4.93. The van der Waals surface area contributed by atoms with Gasteiger partial charge in [0.05, 0.1) is 34.2 Å². The standard InChI is InChI=1S/C34H20N8/c1-2-10-24-23(9-1)31(29-13-3-11-25(37-29)27-17-15-21-7-5-19-35-33(21)39-27)41-42-32(24)30-14-4-12-26(38-30)28-18-16-22-8-6-20-36-34(22)40-28/h1-20H. The van der Waals surface area contributed by atoms with Crippen LogP contribution in [0.2, 0.25) is 0 Å². The third-order valence-electron chi connectivity index (χ3n) is 7.12. The monoisotopic (exact) mass is 540 g/mol. The van der Waals surface area contributed by atoms with Gasteiger partial charge in [0.2, 0.25) is 0 Å². The lowest BCUT2D eigenvalue weighted by Crippen LogP contribution is -1.99. The van der Waals surface area contributed by atoms with E-state index >= 15 is 0 Å². The summed E-state index contributed by atoms with van der Waals surface area (Å²) in [4.78, 5) is 28.1. The predicted octanol–water partition coefficient (Wildman–Crippen LogP) is 6.97. The smallest absolute Gasteiger partial charge is 0.159 e. The Labute approximate surface area is 239 Å². The van der Waals surface area contributed by atoms with Crippen LogP contribution in [0.5, 0.6) is 0 Å². The quantitative estimate of drug-likeness (QED) is 0.236. The first-order chi connectivity index (χ1) is 20.8. The molecule has 0 unspecified atom stereocenters. The molecular weight excluding hydrogens is 520 g/mol.